The lowest BCUT2D eigenvalue weighted by Gasteiger charge is -2.01. The van der Waals surface area contributed by atoms with Crippen LogP contribution >= 0.6 is 11.8 Å². The highest BCUT2D eigenvalue weighted by atomic mass is 32.2. The average molecular weight is 234 g/mol. The van der Waals surface area contributed by atoms with E-state index in [0.717, 1.165) is 22.9 Å². The van der Waals surface area contributed by atoms with Gasteiger partial charge in [-0.1, -0.05) is 24.3 Å². The molecule has 0 spiro atoms. The maximum Gasteiger partial charge on any atom is 0.307 e. The SMILES string of the molecule is Cc1ccccc1/C=C1\SC(=O)N(N)C1=O. The molecule has 1 heterocycles. The molecule has 5 heteroatoms. The van der Waals surface area contributed by atoms with E-state index in [2.05, 4.69) is 0 Å². The van der Waals surface area contributed by atoms with Crippen LogP contribution in [0.3, 0.4) is 0 Å². The Morgan fingerprint density at radius 1 is 1.31 bits per heavy atom. The molecule has 0 aliphatic carbocycles. The van der Waals surface area contributed by atoms with E-state index < -0.39 is 11.1 Å². The highest BCUT2D eigenvalue weighted by Crippen LogP contribution is 2.30. The number of nitrogens with two attached hydrogens (primary N) is 1. The molecule has 1 aromatic rings. The first kappa shape index (κ1) is 10.9. The molecular formula is C11H10N2O2S. The van der Waals surface area contributed by atoms with Crippen LogP contribution in [0.2, 0.25) is 0 Å². The molecule has 1 fully saturated rings. The number of hydrogen-bond acceptors (Lipinski definition) is 4. The molecule has 0 bridgehead atoms. The summed E-state index contributed by atoms with van der Waals surface area (Å²) in [6.07, 6.45) is 1.69. The Kier molecular flexibility index (Phi) is 2.80. The van der Waals surface area contributed by atoms with E-state index in [-0.39, 0.29) is 0 Å². The highest BCUT2D eigenvalue weighted by molar-refractivity contribution is 8.18. The number of thioether (sulfide) groups is 1. The molecule has 0 radical (unpaired) electrons. The molecule has 0 atom stereocenters. The van der Waals surface area contributed by atoms with Crippen LogP contribution in [0.4, 0.5) is 4.79 Å². The Hall–Kier alpha value is -1.59. The number of hydrazine groups is 1. The van der Waals surface area contributed by atoms with Gasteiger partial charge in [-0.15, -0.1) is 0 Å². The highest BCUT2D eigenvalue weighted by Gasteiger charge is 2.32. The Morgan fingerprint density at radius 2 is 2.00 bits per heavy atom. The fourth-order valence-electron chi connectivity index (χ4n) is 1.37. The summed E-state index contributed by atoms with van der Waals surface area (Å²) in [5.74, 6) is 4.83. The van der Waals surface area contributed by atoms with Crippen molar-refractivity contribution in [3.8, 4) is 0 Å². The van der Waals surface area contributed by atoms with Crippen LogP contribution in [0.15, 0.2) is 29.2 Å². The van der Waals surface area contributed by atoms with Gasteiger partial charge in [-0.05, 0) is 35.9 Å². The number of benzene rings is 1. The Morgan fingerprint density at radius 3 is 2.56 bits per heavy atom. The van der Waals surface area contributed by atoms with Gasteiger partial charge >= 0.3 is 5.24 Å². The zero-order valence-corrected chi connectivity index (χ0v) is 9.45. The third kappa shape index (κ3) is 1.87. The van der Waals surface area contributed by atoms with Crippen molar-refractivity contribution >= 4 is 29.0 Å². The van der Waals surface area contributed by atoms with Gasteiger partial charge in [-0.25, -0.2) is 10.9 Å². The van der Waals surface area contributed by atoms with Crippen LogP contribution in [0.5, 0.6) is 0 Å². The van der Waals surface area contributed by atoms with Crippen molar-refractivity contribution in [3.05, 3.63) is 40.3 Å². The van der Waals surface area contributed by atoms with E-state index in [0.29, 0.717) is 9.91 Å². The molecule has 2 rings (SSSR count). The van der Waals surface area contributed by atoms with Crippen molar-refractivity contribution in [2.24, 2.45) is 5.84 Å². The lowest BCUT2D eigenvalue weighted by molar-refractivity contribution is -0.122. The van der Waals surface area contributed by atoms with Crippen molar-refractivity contribution in [2.75, 3.05) is 0 Å². The van der Waals surface area contributed by atoms with Gasteiger partial charge in [0.05, 0.1) is 4.91 Å². The summed E-state index contributed by atoms with van der Waals surface area (Å²) in [6.45, 7) is 1.94. The van der Waals surface area contributed by atoms with Crippen molar-refractivity contribution < 1.29 is 9.59 Å². The molecule has 1 aliphatic rings. The molecular weight excluding hydrogens is 224 g/mol. The van der Waals surface area contributed by atoms with Gasteiger partial charge in [0.1, 0.15) is 0 Å². The van der Waals surface area contributed by atoms with E-state index in [9.17, 15) is 9.59 Å². The molecule has 1 aliphatic heterocycles. The largest absolute Gasteiger partial charge is 0.307 e. The van der Waals surface area contributed by atoms with E-state index >= 15 is 0 Å². The number of carbonyl (C=O) groups is 2. The topological polar surface area (TPSA) is 63.4 Å². The first-order chi connectivity index (χ1) is 7.59. The zero-order valence-electron chi connectivity index (χ0n) is 8.64. The number of rotatable bonds is 1. The van der Waals surface area contributed by atoms with E-state index in [4.69, 9.17) is 5.84 Å². The van der Waals surface area contributed by atoms with E-state index in [1.807, 2.05) is 31.2 Å². The van der Waals surface area contributed by atoms with Crippen LogP contribution in [-0.4, -0.2) is 16.2 Å². The minimum atomic E-state index is -0.446. The lowest BCUT2D eigenvalue weighted by atomic mass is 10.1. The molecule has 2 N–H and O–H groups in total. The van der Waals surface area contributed by atoms with Crippen molar-refractivity contribution in [1.29, 1.82) is 0 Å². The van der Waals surface area contributed by atoms with Crippen LogP contribution in [-0.2, 0) is 4.79 Å². The van der Waals surface area contributed by atoms with Crippen LogP contribution < -0.4 is 5.84 Å². The summed E-state index contributed by atoms with van der Waals surface area (Å²) in [5.41, 5.74) is 1.97. The Labute approximate surface area is 97.1 Å². The molecule has 1 aromatic carbocycles. The first-order valence-electron chi connectivity index (χ1n) is 4.68. The predicted octanol–water partition coefficient (Wildman–Crippen LogP) is 1.91. The molecule has 4 nitrogen and oxygen atoms in total. The second-order valence-electron chi connectivity index (χ2n) is 3.41. The molecule has 1 saturated heterocycles. The van der Waals surface area contributed by atoms with E-state index in [1.165, 1.54) is 0 Å². The number of aryl methyl sites for hydroxylation is 1. The molecule has 82 valence electrons. The van der Waals surface area contributed by atoms with Crippen LogP contribution in [0, 0.1) is 6.92 Å². The number of amides is 2. The van der Waals surface area contributed by atoms with Gasteiger partial charge in [-0.3, -0.25) is 9.59 Å². The maximum atomic E-state index is 11.5. The molecule has 2 amide bonds. The first-order valence-corrected chi connectivity index (χ1v) is 5.49. The fourth-order valence-corrected chi connectivity index (χ4v) is 2.11. The number of imide groups is 1. The van der Waals surface area contributed by atoms with Crippen LogP contribution in [0.25, 0.3) is 6.08 Å². The molecule has 16 heavy (non-hydrogen) atoms. The van der Waals surface area contributed by atoms with Gasteiger partial charge in [0, 0.05) is 0 Å². The molecule has 0 unspecified atom stereocenters. The van der Waals surface area contributed by atoms with Crippen molar-refractivity contribution in [1.82, 2.24) is 5.01 Å². The summed E-state index contributed by atoms with van der Waals surface area (Å²) >= 11 is 0.859. The summed E-state index contributed by atoms with van der Waals surface area (Å²) in [5, 5.41) is 0.194. The lowest BCUT2D eigenvalue weighted by Crippen LogP contribution is -2.34. The smallest absolute Gasteiger partial charge is 0.266 e. The van der Waals surface area contributed by atoms with E-state index in [1.54, 1.807) is 6.08 Å². The third-order valence-electron chi connectivity index (χ3n) is 2.30. The van der Waals surface area contributed by atoms with Crippen molar-refractivity contribution in [3.63, 3.8) is 0 Å². The quantitative estimate of drug-likeness (QED) is 0.458. The monoisotopic (exact) mass is 234 g/mol. The minimum Gasteiger partial charge on any atom is -0.266 e. The summed E-state index contributed by atoms with van der Waals surface area (Å²) in [4.78, 5) is 23.1. The standard InChI is InChI=1S/C11H10N2O2S/c1-7-4-2-3-5-8(7)6-9-10(14)13(12)11(15)16-9/h2-6H,12H2,1H3/b9-6-. The molecule has 0 saturated carbocycles. The summed E-state index contributed by atoms with van der Waals surface area (Å²) < 4.78 is 0. The number of nitrogens with zero attached hydrogens (tertiary/aromatic N) is 1. The Balaban J connectivity index is 2.37. The van der Waals surface area contributed by atoms with Crippen molar-refractivity contribution in [2.45, 2.75) is 6.92 Å². The van der Waals surface area contributed by atoms with Gasteiger partial charge in [-0.2, -0.15) is 0 Å². The second kappa shape index (κ2) is 4.11. The normalized spacial score (nSPS) is 18.6. The van der Waals surface area contributed by atoms with Gasteiger partial charge < -0.3 is 0 Å². The zero-order chi connectivity index (χ0) is 11.7. The predicted molar refractivity (Wildman–Crippen MR) is 63.2 cm³/mol. The van der Waals surface area contributed by atoms with Crippen LogP contribution in [0.1, 0.15) is 11.1 Å². The third-order valence-corrected chi connectivity index (χ3v) is 3.18. The average Bonchev–Trinajstić information content (AvgIpc) is 2.50. The van der Waals surface area contributed by atoms with Gasteiger partial charge in [0.25, 0.3) is 5.91 Å². The summed E-state index contributed by atoms with van der Waals surface area (Å²) in [7, 11) is 0. The van der Waals surface area contributed by atoms with Gasteiger partial charge in [0.2, 0.25) is 0 Å². The fraction of sp³-hybridized carbons (Fsp3) is 0.0909. The number of hydrogen-bond donors (Lipinski definition) is 1. The number of carbonyl (C=O) groups excluding carboxylic acids is 2. The minimum absolute atomic E-state index is 0.363. The molecule has 0 aromatic heterocycles. The summed E-state index contributed by atoms with van der Waals surface area (Å²) in [6, 6.07) is 7.63. The second-order valence-corrected chi connectivity index (χ2v) is 4.40. The maximum absolute atomic E-state index is 11.5. The van der Waals surface area contributed by atoms with Gasteiger partial charge in [0.15, 0.2) is 0 Å². The Bertz CT molecular complexity index is 497.